The highest BCUT2D eigenvalue weighted by atomic mass is 35.5. The van der Waals surface area contributed by atoms with E-state index in [4.69, 9.17) is 21.7 Å². The average molecular weight is 362 g/mol. The van der Waals surface area contributed by atoms with Crippen molar-refractivity contribution in [2.24, 2.45) is 0 Å². The fourth-order valence-corrected chi connectivity index (χ4v) is 3.49. The van der Waals surface area contributed by atoms with Gasteiger partial charge in [-0.3, -0.25) is 0 Å². The molecule has 1 fully saturated rings. The first-order valence-corrected chi connectivity index (χ1v) is 9.34. The molecule has 25 heavy (non-hydrogen) atoms. The first-order valence-electron chi connectivity index (χ1n) is 8.97. The summed E-state index contributed by atoms with van der Waals surface area (Å²) >= 11 is 6.19. The lowest BCUT2D eigenvalue weighted by Crippen LogP contribution is -2.40. The zero-order valence-electron chi connectivity index (χ0n) is 15.6. The van der Waals surface area contributed by atoms with E-state index < -0.39 is 0 Å². The van der Waals surface area contributed by atoms with Crippen LogP contribution in [0.2, 0.25) is 5.02 Å². The molecule has 1 aromatic carbocycles. The van der Waals surface area contributed by atoms with Crippen molar-refractivity contribution in [3.63, 3.8) is 0 Å². The van der Waals surface area contributed by atoms with Gasteiger partial charge in [0.05, 0.1) is 5.69 Å². The summed E-state index contributed by atoms with van der Waals surface area (Å²) < 4.78 is 2.01. The predicted octanol–water partition coefficient (Wildman–Crippen LogP) is 3.22. The number of nitrogens with zero attached hydrogens (tertiary/aromatic N) is 5. The highest BCUT2D eigenvalue weighted by molar-refractivity contribution is 6.30. The molecule has 1 aromatic heterocycles. The molecule has 0 bridgehead atoms. The third-order valence-corrected chi connectivity index (χ3v) is 5.18. The van der Waals surface area contributed by atoms with E-state index in [-0.39, 0.29) is 0 Å². The Balaban J connectivity index is 1.82. The Kier molecular flexibility index (Phi) is 5.77. The van der Waals surface area contributed by atoms with Gasteiger partial charge in [0.2, 0.25) is 0 Å². The molecule has 0 saturated heterocycles. The van der Waals surface area contributed by atoms with Crippen molar-refractivity contribution in [3.8, 4) is 5.69 Å². The van der Waals surface area contributed by atoms with E-state index in [1.807, 2.05) is 22.9 Å². The van der Waals surface area contributed by atoms with Gasteiger partial charge in [0, 0.05) is 23.4 Å². The van der Waals surface area contributed by atoms with Crippen molar-refractivity contribution in [2.75, 3.05) is 34.7 Å². The van der Waals surface area contributed by atoms with Crippen molar-refractivity contribution in [1.82, 2.24) is 24.6 Å². The highest BCUT2D eigenvalue weighted by Crippen LogP contribution is 2.39. The van der Waals surface area contributed by atoms with Crippen LogP contribution in [0.25, 0.3) is 5.69 Å². The third kappa shape index (κ3) is 4.40. The Bertz CT molecular complexity index is 704. The summed E-state index contributed by atoms with van der Waals surface area (Å²) in [5.74, 6) is 2.49. The van der Waals surface area contributed by atoms with Crippen LogP contribution in [0.5, 0.6) is 0 Å². The zero-order valence-corrected chi connectivity index (χ0v) is 16.4. The second-order valence-corrected chi connectivity index (χ2v) is 7.91. The minimum absolute atomic E-state index is 0.474. The van der Waals surface area contributed by atoms with Crippen molar-refractivity contribution >= 4 is 11.6 Å². The van der Waals surface area contributed by atoms with Crippen LogP contribution in [0.15, 0.2) is 24.3 Å². The first-order chi connectivity index (χ1) is 11.9. The Morgan fingerprint density at radius 2 is 1.96 bits per heavy atom. The number of benzene rings is 1. The van der Waals surface area contributed by atoms with Gasteiger partial charge in [-0.05, 0) is 72.2 Å². The Labute approximate surface area is 155 Å². The second kappa shape index (κ2) is 7.85. The molecule has 6 heteroatoms. The van der Waals surface area contributed by atoms with Gasteiger partial charge < -0.3 is 9.80 Å². The lowest BCUT2D eigenvalue weighted by Gasteiger charge is -2.39. The van der Waals surface area contributed by atoms with Gasteiger partial charge in [0.15, 0.2) is 5.82 Å². The maximum absolute atomic E-state index is 6.19. The number of aryl methyl sites for hydroxylation is 1. The average Bonchev–Trinajstić information content (AvgIpc) is 2.89. The zero-order chi connectivity index (χ0) is 18.0. The van der Waals surface area contributed by atoms with Crippen LogP contribution in [0.1, 0.15) is 36.8 Å². The molecule has 0 N–H and O–H groups in total. The van der Waals surface area contributed by atoms with Crippen molar-refractivity contribution in [3.05, 3.63) is 40.9 Å². The monoisotopic (exact) mass is 361 g/mol. The fraction of sp³-hybridized carbons (Fsp3) is 0.579. The summed E-state index contributed by atoms with van der Waals surface area (Å²) in [7, 11) is 8.49. The molecule has 1 aliphatic carbocycles. The van der Waals surface area contributed by atoms with Crippen LogP contribution < -0.4 is 0 Å². The molecule has 1 saturated carbocycles. The maximum Gasteiger partial charge on any atom is 0.151 e. The number of rotatable bonds is 7. The van der Waals surface area contributed by atoms with Gasteiger partial charge in [-0.2, -0.15) is 5.10 Å². The quantitative estimate of drug-likeness (QED) is 0.758. The standard InChI is InChI=1S/C19H28ClN5/c1-23(2)10-6-9-18-21-19(14-11-17(12-14)24(3)4)25(22-18)16-8-5-7-15(20)13-16/h5,7-8,13-14,17H,6,9-12H2,1-4H3. The summed E-state index contributed by atoms with van der Waals surface area (Å²) in [5, 5.41) is 5.54. The normalized spacial score (nSPS) is 20.3. The lowest BCUT2D eigenvalue weighted by atomic mass is 9.79. The van der Waals surface area contributed by atoms with Gasteiger partial charge in [-0.25, -0.2) is 9.67 Å². The minimum atomic E-state index is 0.474. The number of hydrogen-bond donors (Lipinski definition) is 0. The smallest absolute Gasteiger partial charge is 0.151 e. The largest absolute Gasteiger partial charge is 0.309 e. The summed E-state index contributed by atoms with van der Waals surface area (Å²) in [4.78, 5) is 9.40. The van der Waals surface area contributed by atoms with E-state index in [0.717, 1.165) is 54.6 Å². The maximum atomic E-state index is 6.19. The van der Waals surface area contributed by atoms with Crippen LogP contribution >= 0.6 is 11.6 Å². The number of aromatic nitrogens is 3. The van der Waals surface area contributed by atoms with Crippen LogP contribution in [0.4, 0.5) is 0 Å². The molecule has 0 aliphatic heterocycles. The summed E-state index contributed by atoms with van der Waals surface area (Å²) in [6.45, 7) is 1.05. The summed E-state index contributed by atoms with van der Waals surface area (Å²) in [6, 6.07) is 8.52. The second-order valence-electron chi connectivity index (χ2n) is 7.47. The van der Waals surface area contributed by atoms with Gasteiger partial charge >= 0.3 is 0 Å². The third-order valence-electron chi connectivity index (χ3n) is 4.94. The molecular formula is C19H28ClN5. The number of hydrogen-bond acceptors (Lipinski definition) is 4. The van der Waals surface area contributed by atoms with E-state index in [0.29, 0.717) is 12.0 Å². The van der Waals surface area contributed by atoms with Crippen molar-refractivity contribution < 1.29 is 0 Å². The molecule has 0 amide bonds. The van der Waals surface area contributed by atoms with Gasteiger partial charge in [0.1, 0.15) is 5.82 Å². The van der Waals surface area contributed by atoms with Crippen LogP contribution in [-0.4, -0.2) is 65.3 Å². The molecule has 1 heterocycles. The lowest BCUT2D eigenvalue weighted by molar-refractivity contribution is 0.160. The van der Waals surface area contributed by atoms with E-state index >= 15 is 0 Å². The molecular weight excluding hydrogens is 334 g/mol. The molecule has 0 unspecified atom stereocenters. The Hall–Kier alpha value is -1.43. The molecule has 0 spiro atoms. The fourth-order valence-electron chi connectivity index (χ4n) is 3.31. The molecule has 1 aliphatic rings. The number of halogens is 1. The first kappa shape index (κ1) is 18.4. The van der Waals surface area contributed by atoms with E-state index in [1.165, 1.54) is 0 Å². The summed E-state index contributed by atoms with van der Waals surface area (Å²) in [6.07, 6.45) is 4.26. The highest BCUT2D eigenvalue weighted by Gasteiger charge is 2.35. The van der Waals surface area contributed by atoms with Crippen LogP contribution in [0.3, 0.4) is 0 Å². The topological polar surface area (TPSA) is 37.2 Å². The van der Waals surface area contributed by atoms with E-state index in [9.17, 15) is 0 Å². The van der Waals surface area contributed by atoms with E-state index in [1.54, 1.807) is 0 Å². The Morgan fingerprint density at radius 1 is 1.20 bits per heavy atom. The van der Waals surface area contributed by atoms with E-state index in [2.05, 4.69) is 44.1 Å². The molecule has 0 radical (unpaired) electrons. The van der Waals surface area contributed by atoms with Gasteiger partial charge in [-0.1, -0.05) is 17.7 Å². The molecule has 2 aromatic rings. The van der Waals surface area contributed by atoms with Crippen LogP contribution in [0, 0.1) is 0 Å². The van der Waals surface area contributed by atoms with Crippen LogP contribution in [-0.2, 0) is 6.42 Å². The molecule has 136 valence electrons. The minimum Gasteiger partial charge on any atom is -0.309 e. The molecule has 3 rings (SSSR count). The van der Waals surface area contributed by atoms with Gasteiger partial charge in [-0.15, -0.1) is 0 Å². The Morgan fingerprint density at radius 3 is 2.60 bits per heavy atom. The predicted molar refractivity (Wildman–Crippen MR) is 103 cm³/mol. The van der Waals surface area contributed by atoms with Crippen molar-refractivity contribution in [1.29, 1.82) is 0 Å². The van der Waals surface area contributed by atoms with Gasteiger partial charge in [0.25, 0.3) is 0 Å². The summed E-state index contributed by atoms with van der Waals surface area (Å²) in [5.41, 5.74) is 1.00. The SMILES string of the molecule is CN(C)CCCc1nc(C2CC(N(C)C)C2)n(-c2cccc(Cl)c2)n1. The molecule has 5 nitrogen and oxygen atoms in total. The molecule has 0 atom stereocenters. The van der Waals surface area contributed by atoms with Crippen molar-refractivity contribution in [2.45, 2.75) is 37.6 Å².